The number of halogens is 2. The summed E-state index contributed by atoms with van der Waals surface area (Å²) in [7, 11) is 1.53. The lowest BCUT2D eigenvalue weighted by atomic mass is 10.2. The largest absolute Gasteiger partial charge is 0.397 e. The number of aliphatic hydroxyl groups is 1. The van der Waals surface area contributed by atoms with E-state index in [-0.39, 0.29) is 12.4 Å². The summed E-state index contributed by atoms with van der Waals surface area (Å²) in [5.74, 6) is -0.376. The predicted octanol–water partition coefficient (Wildman–Crippen LogP) is 1.98. The molecular weight excluding hydrogens is 291 g/mol. The van der Waals surface area contributed by atoms with Crippen molar-refractivity contribution in [3.63, 3.8) is 0 Å². The number of anilines is 2. The molecule has 0 aromatic heterocycles. The molecule has 96 valence electrons. The second-order valence-electron chi connectivity index (χ2n) is 3.68. The molecule has 1 aromatic rings. The predicted molar refractivity (Wildman–Crippen MR) is 69.5 cm³/mol. The molecule has 0 radical (unpaired) electrons. The molecule has 6 heteroatoms. The van der Waals surface area contributed by atoms with E-state index in [4.69, 9.17) is 10.5 Å². The summed E-state index contributed by atoms with van der Waals surface area (Å²) in [6.07, 6.45) is -0.0284. The Bertz CT molecular complexity index is 377. The summed E-state index contributed by atoms with van der Waals surface area (Å²) in [6.45, 7) is 0.779. The molecule has 0 aliphatic carbocycles. The first-order valence-corrected chi connectivity index (χ1v) is 5.99. The van der Waals surface area contributed by atoms with Crippen LogP contribution in [-0.4, -0.2) is 31.5 Å². The molecule has 1 unspecified atom stereocenters. The molecular formula is C11H16BrFN2O2. The van der Waals surface area contributed by atoms with Gasteiger partial charge < -0.3 is 20.9 Å². The fourth-order valence-electron chi connectivity index (χ4n) is 1.36. The van der Waals surface area contributed by atoms with Gasteiger partial charge in [0, 0.05) is 19.7 Å². The van der Waals surface area contributed by atoms with E-state index in [1.807, 2.05) is 0 Å². The number of rotatable bonds is 6. The topological polar surface area (TPSA) is 67.5 Å². The minimum atomic E-state index is -0.533. The third-order valence-corrected chi connectivity index (χ3v) is 2.85. The van der Waals surface area contributed by atoms with Crippen LogP contribution in [0.5, 0.6) is 0 Å². The average molecular weight is 307 g/mol. The highest BCUT2D eigenvalue weighted by Gasteiger charge is 2.07. The minimum absolute atomic E-state index is 0.284. The molecule has 0 bridgehead atoms. The van der Waals surface area contributed by atoms with Crippen LogP contribution in [-0.2, 0) is 4.74 Å². The van der Waals surface area contributed by atoms with Crippen LogP contribution in [0.1, 0.15) is 6.42 Å². The zero-order valence-corrected chi connectivity index (χ0v) is 11.1. The molecule has 4 nitrogen and oxygen atoms in total. The highest BCUT2D eigenvalue weighted by molar-refractivity contribution is 9.10. The van der Waals surface area contributed by atoms with Gasteiger partial charge in [-0.25, -0.2) is 4.39 Å². The summed E-state index contributed by atoms with van der Waals surface area (Å²) in [5.41, 5.74) is 6.70. The van der Waals surface area contributed by atoms with Gasteiger partial charge in [0.05, 0.1) is 28.6 Å². The number of nitrogens with two attached hydrogens (primary N) is 1. The van der Waals surface area contributed by atoms with Crippen LogP contribution in [0.15, 0.2) is 16.6 Å². The molecule has 0 aliphatic rings. The van der Waals surface area contributed by atoms with Crippen molar-refractivity contribution in [2.45, 2.75) is 12.5 Å². The van der Waals surface area contributed by atoms with E-state index in [2.05, 4.69) is 21.2 Å². The summed E-state index contributed by atoms with van der Waals surface area (Å²) >= 11 is 3.05. The molecule has 1 atom stereocenters. The number of aliphatic hydroxyl groups excluding tert-OH is 1. The molecule has 0 heterocycles. The Labute approximate surface area is 108 Å². The third-order valence-electron chi connectivity index (χ3n) is 2.24. The van der Waals surface area contributed by atoms with Crippen LogP contribution in [0.2, 0.25) is 0 Å². The normalized spacial score (nSPS) is 12.5. The van der Waals surface area contributed by atoms with Crippen LogP contribution >= 0.6 is 15.9 Å². The van der Waals surface area contributed by atoms with E-state index >= 15 is 0 Å². The van der Waals surface area contributed by atoms with Crippen molar-refractivity contribution in [3.05, 3.63) is 22.4 Å². The van der Waals surface area contributed by atoms with Gasteiger partial charge in [-0.3, -0.25) is 0 Å². The summed E-state index contributed by atoms with van der Waals surface area (Å²) in [4.78, 5) is 0. The quantitative estimate of drug-likeness (QED) is 0.703. The van der Waals surface area contributed by atoms with Crippen LogP contribution in [0.4, 0.5) is 15.8 Å². The maximum atomic E-state index is 13.3. The molecule has 0 spiro atoms. The Kier molecular flexibility index (Phi) is 5.67. The standard InChI is InChI=1S/C11H16BrFN2O2/c1-17-6-7(16)2-3-15-11-5-9(13)8(12)4-10(11)14/h4-5,7,15-16H,2-3,6,14H2,1H3. The lowest BCUT2D eigenvalue weighted by Crippen LogP contribution is -2.18. The number of nitrogens with one attached hydrogen (secondary N) is 1. The van der Waals surface area contributed by atoms with Crippen molar-refractivity contribution in [2.75, 3.05) is 31.3 Å². The molecule has 0 aliphatic heterocycles. The van der Waals surface area contributed by atoms with E-state index in [1.165, 1.54) is 19.2 Å². The van der Waals surface area contributed by atoms with Gasteiger partial charge in [-0.05, 0) is 28.4 Å². The van der Waals surface area contributed by atoms with Gasteiger partial charge in [-0.2, -0.15) is 0 Å². The molecule has 0 saturated heterocycles. The van der Waals surface area contributed by atoms with Crippen LogP contribution in [0, 0.1) is 5.82 Å². The van der Waals surface area contributed by atoms with E-state index in [9.17, 15) is 9.50 Å². The Morgan fingerprint density at radius 3 is 2.94 bits per heavy atom. The van der Waals surface area contributed by atoms with Crippen molar-refractivity contribution < 1.29 is 14.2 Å². The van der Waals surface area contributed by atoms with Crippen molar-refractivity contribution in [2.24, 2.45) is 0 Å². The summed E-state index contributed by atoms with van der Waals surface area (Å²) < 4.78 is 18.4. The van der Waals surface area contributed by atoms with E-state index in [1.54, 1.807) is 0 Å². The Morgan fingerprint density at radius 2 is 2.29 bits per heavy atom. The Hall–Kier alpha value is -0.850. The zero-order chi connectivity index (χ0) is 12.8. The van der Waals surface area contributed by atoms with Crippen molar-refractivity contribution in [1.82, 2.24) is 0 Å². The first-order chi connectivity index (χ1) is 8.04. The average Bonchev–Trinajstić information content (AvgIpc) is 2.26. The molecule has 0 saturated carbocycles. The fraction of sp³-hybridized carbons (Fsp3) is 0.455. The smallest absolute Gasteiger partial charge is 0.139 e. The zero-order valence-electron chi connectivity index (χ0n) is 9.54. The maximum absolute atomic E-state index is 13.3. The lowest BCUT2D eigenvalue weighted by Gasteiger charge is -2.13. The van der Waals surface area contributed by atoms with Crippen LogP contribution in [0.3, 0.4) is 0 Å². The van der Waals surface area contributed by atoms with Gasteiger partial charge in [-0.15, -0.1) is 0 Å². The van der Waals surface area contributed by atoms with E-state index in [0.29, 0.717) is 28.8 Å². The van der Waals surface area contributed by atoms with Gasteiger partial charge in [0.2, 0.25) is 0 Å². The van der Waals surface area contributed by atoms with Crippen LogP contribution in [0.25, 0.3) is 0 Å². The van der Waals surface area contributed by atoms with Crippen molar-refractivity contribution in [1.29, 1.82) is 0 Å². The molecule has 1 aromatic carbocycles. The number of nitrogen functional groups attached to an aromatic ring is 1. The van der Waals surface area contributed by atoms with E-state index < -0.39 is 6.10 Å². The van der Waals surface area contributed by atoms with Gasteiger partial charge in [0.25, 0.3) is 0 Å². The Balaban J connectivity index is 2.49. The number of benzene rings is 1. The molecule has 1 rings (SSSR count). The monoisotopic (exact) mass is 306 g/mol. The Morgan fingerprint density at radius 1 is 1.59 bits per heavy atom. The van der Waals surface area contributed by atoms with Gasteiger partial charge in [0.1, 0.15) is 5.82 Å². The second kappa shape index (κ2) is 6.78. The fourth-order valence-corrected chi connectivity index (χ4v) is 1.73. The molecule has 17 heavy (non-hydrogen) atoms. The SMILES string of the molecule is COCC(O)CCNc1cc(F)c(Br)cc1N. The second-order valence-corrected chi connectivity index (χ2v) is 4.53. The summed E-state index contributed by atoms with van der Waals surface area (Å²) in [6, 6.07) is 2.82. The van der Waals surface area contributed by atoms with E-state index in [0.717, 1.165) is 0 Å². The number of hydrogen-bond acceptors (Lipinski definition) is 4. The maximum Gasteiger partial charge on any atom is 0.139 e. The number of ether oxygens (including phenoxy) is 1. The summed E-state index contributed by atoms with van der Waals surface area (Å²) in [5, 5.41) is 12.4. The lowest BCUT2D eigenvalue weighted by molar-refractivity contribution is 0.0615. The highest BCUT2D eigenvalue weighted by atomic mass is 79.9. The van der Waals surface area contributed by atoms with Crippen molar-refractivity contribution in [3.8, 4) is 0 Å². The van der Waals surface area contributed by atoms with Gasteiger partial charge in [-0.1, -0.05) is 0 Å². The molecule has 0 fully saturated rings. The first-order valence-electron chi connectivity index (χ1n) is 5.20. The van der Waals surface area contributed by atoms with Crippen LogP contribution < -0.4 is 11.1 Å². The minimum Gasteiger partial charge on any atom is -0.397 e. The third kappa shape index (κ3) is 4.49. The van der Waals surface area contributed by atoms with Gasteiger partial charge in [0.15, 0.2) is 0 Å². The highest BCUT2D eigenvalue weighted by Crippen LogP contribution is 2.26. The van der Waals surface area contributed by atoms with Gasteiger partial charge >= 0.3 is 0 Å². The van der Waals surface area contributed by atoms with Crippen molar-refractivity contribution >= 4 is 27.3 Å². The number of methoxy groups -OCH3 is 1. The molecule has 4 N–H and O–H groups in total. The molecule has 0 amide bonds. The number of hydrogen-bond donors (Lipinski definition) is 3. The first kappa shape index (κ1) is 14.2.